The van der Waals surface area contributed by atoms with E-state index in [1.165, 1.54) is 11.4 Å². The van der Waals surface area contributed by atoms with Crippen LogP contribution in [-0.2, 0) is 26.7 Å². The number of rotatable bonds is 7. The molecule has 1 saturated heterocycles. The van der Waals surface area contributed by atoms with E-state index in [2.05, 4.69) is 10.2 Å². The van der Waals surface area contributed by atoms with Gasteiger partial charge in [-0.05, 0) is 50.3 Å². The summed E-state index contributed by atoms with van der Waals surface area (Å²) >= 11 is 0. The van der Waals surface area contributed by atoms with Crippen LogP contribution in [0.5, 0.6) is 0 Å². The Morgan fingerprint density at radius 1 is 1.18 bits per heavy atom. The molecule has 204 valence electrons. The van der Waals surface area contributed by atoms with Crippen molar-refractivity contribution >= 4 is 10.0 Å². The Kier molecular flexibility index (Phi) is 6.79. The molecule has 38 heavy (non-hydrogen) atoms. The molecule has 0 radical (unpaired) electrons. The number of halogens is 2. The predicted molar refractivity (Wildman–Crippen MR) is 133 cm³/mol. The molecule has 1 aliphatic heterocycles. The molecule has 0 amide bonds. The van der Waals surface area contributed by atoms with E-state index in [1.54, 1.807) is 37.3 Å². The van der Waals surface area contributed by atoms with Gasteiger partial charge in [-0.2, -0.15) is 4.31 Å². The number of aromatic nitrogens is 2. The topological polar surface area (TPSA) is 126 Å². The third-order valence-electron chi connectivity index (χ3n) is 7.70. The van der Waals surface area contributed by atoms with Crippen LogP contribution in [0.2, 0.25) is 0 Å². The number of sulfonamides is 1. The first-order valence-electron chi connectivity index (χ1n) is 12.3. The maximum Gasteiger partial charge on any atom is 0.434 e. The van der Waals surface area contributed by atoms with Crippen molar-refractivity contribution in [1.82, 2.24) is 14.5 Å². The molecule has 5 rings (SSSR count). The molecule has 1 aliphatic carbocycles. The van der Waals surface area contributed by atoms with Crippen molar-refractivity contribution in [3.05, 3.63) is 87.2 Å². The molecule has 2 atom stereocenters. The molecule has 2 fully saturated rings. The average Bonchev–Trinajstić information content (AvgIpc) is 3.29. The van der Waals surface area contributed by atoms with Gasteiger partial charge in [-0.3, -0.25) is 0 Å². The first kappa shape index (κ1) is 26.7. The molecule has 2 heterocycles. The number of ether oxygens (including phenoxy) is 1. The van der Waals surface area contributed by atoms with Gasteiger partial charge in [-0.15, -0.1) is 5.10 Å². The first-order valence-corrected chi connectivity index (χ1v) is 13.8. The maximum absolute atomic E-state index is 15.7. The monoisotopic (exact) mass is 549 g/mol. The highest BCUT2D eigenvalue weighted by Gasteiger charge is 2.60. The van der Waals surface area contributed by atoms with E-state index in [9.17, 15) is 18.3 Å². The molecule has 0 spiro atoms. The van der Waals surface area contributed by atoms with Gasteiger partial charge in [0.1, 0.15) is 16.9 Å². The van der Waals surface area contributed by atoms with Gasteiger partial charge in [0.15, 0.2) is 0 Å². The fourth-order valence-electron chi connectivity index (χ4n) is 5.93. The molecular formula is C26H29F2N3O6S. The summed E-state index contributed by atoms with van der Waals surface area (Å²) < 4.78 is 69.7. The zero-order valence-electron chi connectivity index (χ0n) is 21.0. The van der Waals surface area contributed by atoms with Crippen molar-refractivity contribution in [1.29, 1.82) is 0 Å². The summed E-state index contributed by atoms with van der Waals surface area (Å²) in [6.07, 6.45) is 0.767. The van der Waals surface area contributed by atoms with Crippen molar-refractivity contribution in [3.63, 3.8) is 0 Å². The molecule has 2 aromatic carbocycles. The van der Waals surface area contributed by atoms with Gasteiger partial charge in [-0.25, -0.2) is 27.1 Å². The fourth-order valence-corrected chi connectivity index (χ4v) is 8.12. The van der Waals surface area contributed by atoms with E-state index in [1.807, 2.05) is 0 Å². The average molecular weight is 550 g/mol. The summed E-state index contributed by atoms with van der Waals surface area (Å²) in [5.41, 5.74) is -2.37. The first-order chi connectivity index (χ1) is 18.0. The second-order valence-electron chi connectivity index (χ2n) is 10.4. The van der Waals surface area contributed by atoms with Gasteiger partial charge in [0.05, 0.1) is 17.6 Å². The summed E-state index contributed by atoms with van der Waals surface area (Å²) in [4.78, 5) is 11.6. The van der Waals surface area contributed by atoms with Crippen molar-refractivity contribution in [3.8, 4) is 0 Å². The number of methoxy groups -OCH3 is 1. The van der Waals surface area contributed by atoms with E-state index < -0.39 is 49.7 Å². The van der Waals surface area contributed by atoms with E-state index >= 15 is 8.78 Å². The molecule has 9 nitrogen and oxygen atoms in total. The van der Waals surface area contributed by atoms with E-state index in [0.29, 0.717) is 18.4 Å². The van der Waals surface area contributed by atoms with Crippen LogP contribution in [0.15, 0.2) is 51.7 Å². The molecule has 0 bridgehead atoms. The van der Waals surface area contributed by atoms with Crippen LogP contribution in [0.3, 0.4) is 0 Å². The number of hydrogen-bond acceptors (Lipinski definition) is 7. The highest BCUT2D eigenvalue weighted by molar-refractivity contribution is 7.89. The molecule has 1 saturated carbocycles. The Labute approximate surface area is 218 Å². The number of H-pyrrole nitrogens is 1. The van der Waals surface area contributed by atoms with Crippen molar-refractivity contribution in [2.75, 3.05) is 13.7 Å². The highest BCUT2D eigenvalue weighted by atomic mass is 32.2. The number of aromatic amines is 1. The number of aliphatic hydroxyl groups is 1. The number of nitrogens with one attached hydrogen (secondary N) is 1. The van der Waals surface area contributed by atoms with Crippen molar-refractivity contribution in [2.24, 2.45) is 0 Å². The minimum absolute atomic E-state index is 0.0567. The highest BCUT2D eigenvalue weighted by Crippen LogP contribution is 2.54. The van der Waals surface area contributed by atoms with E-state index in [-0.39, 0.29) is 43.0 Å². The Morgan fingerprint density at radius 3 is 2.53 bits per heavy atom. The zero-order valence-corrected chi connectivity index (χ0v) is 21.8. The van der Waals surface area contributed by atoms with Crippen molar-refractivity contribution in [2.45, 2.75) is 61.5 Å². The minimum Gasteiger partial charge on any atom is -0.391 e. The maximum atomic E-state index is 15.7. The minimum atomic E-state index is -3.85. The Balaban J connectivity index is 1.49. The molecule has 12 heteroatoms. The molecule has 1 aromatic heterocycles. The largest absolute Gasteiger partial charge is 0.434 e. The second-order valence-corrected chi connectivity index (χ2v) is 12.4. The summed E-state index contributed by atoms with van der Waals surface area (Å²) in [5.74, 6) is -2.68. The van der Waals surface area contributed by atoms with Gasteiger partial charge < -0.3 is 14.3 Å². The zero-order chi connectivity index (χ0) is 27.3. The van der Waals surface area contributed by atoms with Crippen LogP contribution in [0.1, 0.15) is 60.4 Å². The van der Waals surface area contributed by atoms with Gasteiger partial charge in [0.2, 0.25) is 15.9 Å². The smallest absolute Gasteiger partial charge is 0.391 e. The lowest BCUT2D eigenvalue weighted by molar-refractivity contribution is -0.125. The molecule has 2 aliphatic rings. The van der Waals surface area contributed by atoms with Crippen LogP contribution in [0.25, 0.3) is 0 Å². The number of hydrogen-bond donors (Lipinski definition) is 2. The lowest BCUT2D eigenvalue weighted by atomic mass is 9.56. The Bertz CT molecular complexity index is 1480. The number of benzene rings is 2. The van der Waals surface area contributed by atoms with Gasteiger partial charge in [-0.1, -0.05) is 30.3 Å². The molecule has 0 unspecified atom stereocenters. The summed E-state index contributed by atoms with van der Waals surface area (Å²) in [5, 5.41) is 15.9. The van der Waals surface area contributed by atoms with E-state index in [0.717, 1.165) is 12.1 Å². The summed E-state index contributed by atoms with van der Waals surface area (Å²) in [6.45, 7) is 1.35. The normalized spacial score (nSPS) is 29.2. The Hall–Kier alpha value is -2.93. The van der Waals surface area contributed by atoms with Crippen LogP contribution in [0.4, 0.5) is 8.78 Å². The summed E-state index contributed by atoms with van der Waals surface area (Å²) in [6, 6.07) is 10.4. The third-order valence-corrected chi connectivity index (χ3v) is 10.1. The predicted octanol–water partition coefficient (Wildman–Crippen LogP) is 3.15. The second kappa shape index (κ2) is 9.67. The summed E-state index contributed by atoms with van der Waals surface area (Å²) in [7, 11) is -2.45. The molecular weight excluding hydrogens is 520 g/mol. The van der Waals surface area contributed by atoms with Crippen LogP contribution < -0.4 is 5.76 Å². The lowest BCUT2D eigenvalue weighted by Crippen LogP contribution is -2.58. The van der Waals surface area contributed by atoms with E-state index in [4.69, 9.17) is 9.15 Å². The quantitative estimate of drug-likeness (QED) is 0.464. The van der Waals surface area contributed by atoms with Crippen LogP contribution in [0, 0.1) is 11.6 Å². The molecule has 3 aromatic rings. The molecule has 2 N–H and O–H groups in total. The SMILES string of the molecule is COCC1(O)CC(c2n[nH]c(=O)o2)(c2cc(F)c(CN3[C@@H](C)CC[C@H](c4ccccc4)S3(=O)=O)cc2F)C1. The van der Waals surface area contributed by atoms with Gasteiger partial charge >= 0.3 is 5.76 Å². The lowest BCUT2D eigenvalue weighted by Gasteiger charge is -2.51. The van der Waals surface area contributed by atoms with Crippen molar-refractivity contribution < 1.29 is 31.5 Å². The Morgan fingerprint density at radius 2 is 1.89 bits per heavy atom. The third kappa shape index (κ3) is 4.49. The van der Waals surface area contributed by atoms with Gasteiger partial charge in [0.25, 0.3) is 0 Å². The standard InChI is InChI=1S/C26H29F2N3O6S/c1-16-8-9-22(17-6-4-3-5-7-17)38(34,35)31(16)12-18-10-21(28)19(11-20(18)27)26(23-29-30-24(32)37-23)13-25(33,14-26)15-36-2/h3-7,10-11,16,22,33H,8-9,12-15H2,1-2H3,(H,30,32)/t16-,22+,25?,26?/m0/s1. The van der Waals surface area contributed by atoms with Crippen LogP contribution in [-0.4, -0.2) is 53.4 Å². The van der Waals surface area contributed by atoms with Gasteiger partial charge in [0, 0.05) is 30.8 Å². The fraction of sp³-hybridized carbons (Fsp3) is 0.462. The van der Waals surface area contributed by atoms with Crippen LogP contribution >= 0.6 is 0 Å². The number of nitrogens with zero attached hydrogens (tertiary/aromatic N) is 2.